The van der Waals surface area contributed by atoms with Gasteiger partial charge in [0.15, 0.2) is 11.5 Å². The monoisotopic (exact) mass is 440 g/mol. The summed E-state index contributed by atoms with van der Waals surface area (Å²) >= 11 is 0. The lowest BCUT2D eigenvalue weighted by atomic mass is 9.82. The largest absolute Gasteiger partial charge is 0.448 e. The van der Waals surface area contributed by atoms with Crippen molar-refractivity contribution in [2.24, 2.45) is 0 Å². The molecule has 2 aliphatic heterocycles. The zero-order valence-corrected chi connectivity index (χ0v) is 18.1. The average molecular weight is 441 g/mol. The fourth-order valence-electron chi connectivity index (χ4n) is 4.98. The molecule has 170 valence electrons. The third-order valence-corrected chi connectivity index (χ3v) is 6.77. The topological polar surface area (TPSA) is 68.8 Å². The van der Waals surface area contributed by atoms with E-state index in [0.717, 1.165) is 49.8 Å². The van der Waals surface area contributed by atoms with Crippen molar-refractivity contribution in [2.45, 2.75) is 56.3 Å². The van der Waals surface area contributed by atoms with Gasteiger partial charge in [-0.1, -0.05) is 18.6 Å². The van der Waals surface area contributed by atoms with Crippen LogP contribution in [0.25, 0.3) is 0 Å². The summed E-state index contributed by atoms with van der Waals surface area (Å²) in [6.07, 6.45) is 6.64. The molecule has 1 aliphatic carbocycles. The van der Waals surface area contributed by atoms with Gasteiger partial charge < -0.3 is 19.5 Å². The van der Waals surface area contributed by atoms with Crippen LogP contribution in [0.1, 0.15) is 50.5 Å². The van der Waals surface area contributed by atoms with Gasteiger partial charge in [0, 0.05) is 43.3 Å². The Hall–Kier alpha value is -2.64. The number of nitrogens with one attached hydrogen (secondary N) is 2. The van der Waals surface area contributed by atoms with Crippen LogP contribution in [0.15, 0.2) is 42.5 Å². The van der Waals surface area contributed by atoms with E-state index in [1.807, 2.05) is 18.2 Å². The Morgan fingerprint density at radius 1 is 0.906 bits per heavy atom. The van der Waals surface area contributed by atoms with Crippen LogP contribution in [-0.4, -0.2) is 31.5 Å². The van der Waals surface area contributed by atoms with Crippen LogP contribution in [0.2, 0.25) is 0 Å². The number of benzene rings is 2. The average Bonchev–Trinajstić information content (AvgIpc) is 3.15. The van der Waals surface area contributed by atoms with Crippen LogP contribution in [0.4, 0.5) is 10.1 Å². The molecule has 2 aromatic carbocycles. The Balaban J connectivity index is 1.23. The second-order valence-corrected chi connectivity index (χ2v) is 8.94. The van der Waals surface area contributed by atoms with E-state index in [4.69, 9.17) is 14.2 Å². The first-order valence-electron chi connectivity index (χ1n) is 11.5. The summed E-state index contributed by atoms with van der Waals surface area (Å²) < 4.78 is 31.2. The number of fused-ring (bicyclic) bond motifs is 1. The lowest BCUT2D eigenvalue weighted by molar-refractivity contribution is -0.116. The fourth-order valence-corrected chi connectivity index (χ4v) is 4.98. The number of hydrogen-bond donors (Lipinski definition) is 2. The minimum atomic E-state index is -0.532. The van der Waals surface area contributed by atoms with Crippen LogP contribution in [0.5, 0.6) is 11.5 Å². The minimum absolute atomic E-state index is 0.135. The molecule has 0 radical (unpaired) electrons. The molecule has 5 rings (SSSR count). The van der Waals surface area contributed by atoms with Crippen molar-refractivity contribution in [2.75, 3.05) is 25.1 Å². The number of amides is 1. The summed E-state index contributed by atoms with van der Waals surface area (Å²) in [7, 11) is 0. The summed E-state index contributed by atoms with van der Waals surface area (Å²) in [5.74, 6) is 0.469. The second-order valence-electron chi connectivity index (χ2n) is 8.94. The summed E-state index contributed by atoms with van der Waals surface area (Å²) in [6, 6.07) is 12.0. The number of hydrogen-bond acceptors (Lipinski definition) is 5. The molecule has 2 heterocycles. The van der Waals surface area contributed by atoms with Gasteiger partial charge in [-0.2, -0.15) is 0 Å². The van der Waals surface area contributed by atoms with Crippen LogP contribution in [0, 0.1) is 5.82 Å². The Bertz CT molecular complexity index is 966. The van der Waals surface area contributed by atoms with E-state index in [9.17, 15) is 9.18 Å². The molecule has 1 spiro atoms. The molecule has 7 heteroatoms. The molecule has 0 bridgehead atoms. The Morgan fingerprint density at radius 2 is 1.62 bits per heavy atom. The van der Waals surface area contributed by atoms with Crippen LogP contribution in [0.3, 0.4) is 0 Å². The molecular formula is C25H29FN2O4. The summed E-state index contributed by atoms with van der Waals surface area (Å²) in [4.78, 5) is 12.7. The summed E-state index contributed by atoms with van der Waals surface area (Å²) in [5, 5.41) is 6.37. The standard InChI is InChI=1S/C25H29FN2O4/c26-19-6-4-18(5-7-19)24(12-14-30-15-13-24)27-17-23(29)28-20-8-9-21-22(16-20)32-25(31-21)10-2-1-3-11-25/h4-9,16,27H,1-3,10-15,17H2,(H,28,29). The highest BCUT2D eigenvalue weighted by molar-refractivity contribution is 5.92. The van der Waals surface area contributed by atoms with E-state index in [1.165, 1.54) is 18.6 Å². The van der Waals surface area contributed by atoms with Crippen molar-refractivity contribution in [1.29, 1.82) is 0 Å². The SMILES string of the molecule is O=C(CNC1(c2ccc(F)cc2)CCOCC1)Nc1ccc2c(c1)OC1(CCCCC1)O2. The number of rotatable bonds is 5. The van der Waals surface area contributed by atoms with Gasteiger partial charge in [0.25, 0.3) is 5.79 Å². The van der Waals surface area contributed by atoms with E-state index < -0.39 is 11.3 Å². The van der Waals surface area contributed by atoms with Gasteiger partial charge in [0.05, 0.1) is 6.54 Å². The van der Waals surface area contributed by atoms with E-state index in [1.54, 1.807) is 12.1 Å². The molecule has 1 amide bonds. The fraction of sp³-hybridized carbons (Fsp3) is 0.480. The highest BCUT2D eigenvalue weighted by Crippen LogP contribution is 2.46. The van der Waals surface area contributed by atoms with Crippen LogP contribution < -0.4 is 20.1 Å². The second kappa shape index (κ2) is 8.71. The maximum Gasteiger partial charge on any atom is 0.251 e. The van der Waals surface area contributed by atoms with E-state index in [2.05, 4.69) is 10.6 Å². The zero-order valence-electron chi connectivity index (χ0n) is 18.1. The van der Waals surface area contributed by atoms with Gasteiger partial charge in [0.2, 0.25) is 5.91 Å². The highest BCUT2D eigenvalue weighted by atomic mass is 19.1. The number of carbonyl (C=O) groups excluding carboxylic acids is 1. The first kappa shape index (κ1) is 21.2. The summed E-state index contributed by atoms with van der Waals surface area (Å²) in [5.41, 5.74) is 1.23. The maximum atomic E-state index is 13.4. The molecule has 3 aliphatic rings. The number of halogens is 1. The highest BCUT2D eigenvalue weighted by Gasteiger charge is 2.42. The lowest BCUT2D eigenvalue weighted by Gasteiger charge is -2.38. The first-order valence-corrected chi connectivity index (χ1v) is 11.5. The van der Waals surface area contributed by atoms with Crippen molar-refractivity contribution >= 4 is 11.6 Å². The first-order chi connectivity index (χ1) is 15.6. The molecule has 2 aromatic rings. The number of ether oxygens (including phenoxy) is 3. The molecule has 32 heavy (non-hydrogen) atoms. The molecule has 0 atom stereocenters. The molecule has 2 N–H and O–H groups in total. The predicted molar refractivity (Wildman–Crippen MR) is 118 cm³/mol. The van der Waals surface area contributed by atoms with Crippen molar-refractivity contribution in [3.8, 4) is 11.5 Å². The van der Waals surface area contributed by atoms with Gasteiger partial charge in [0.1, 0.15) is 5.82 Å². The van der Waals surface area contributed by atoms with Gasteiger partial charge in [-0.3, -0.25) is 10.1 Å². The Morgan fingerprint density at radius 3 is 2.38 bits per heavy atom. The number of anilines is 1. The molecule has 2 fully saturated rings. The predicted octanol–water partition coefficient (Wildman–Crippen LogP) is 4.49. The van der Waals surface area contributed by atoms with E-state index in [0.29, 0.717) is 24.7 Å². The van der Waals surface area contributed by atoms with Crippen LogP contribution >= 0.6 is 0 Å². The van der Waals surface area contributed by atoms with Gasteiger partial charge in [-0.05, 0) is 55.5 Å². The number of carbonyl (C=O) groups is 1. The Labute approximate surface area is 187 Å². The van der Waals surface area contributed by atoms with Gasteiger partial charge >= 0.3 is 0 Å². The molecule has 0 unspecified atom stereocenters. The van der Waals surface area contributed by atoms with Gasteiger partial charge in [-0.25, -0.2) is 4.39 Å². The summed E-state index contributed by atoms with van der Waals surface area (Å²) in [6.45, 7) is 1.32. The van der Waals surface area contributed by atoms with Gasteiger partial charge in [-0.15, -0.1) is 0 Å². The van der Waals surface area contributed by atoms with E-state index in [-0.39, 0.29) is 18.3 Å². The van der Waals surface area contributed by atoms with Crippen molar-refractivity contribution in [3.05, 3.63) is 53.8 Å². The van der Waals surface area contributed by atoms with Crippen LogP contribution in [-0.2, 0) is 15.1 Å². The smallest absolute Gasteiger partial charge is 0.251 e. The molecule has 6 nitrogen and oxygen atoms in total. The quantitative estimate of drug-likeness (QED) is 0.717. The molecular weight excluding hydrogens is 411 g/mol. The Kier molecular flexibility index (Phi) is 5.78. The zero-order chi connectivity index (χ0) is 22.0. The van der Waals surface area contributed by atoms with Crippen molar-refractivity contribution in [1.82, 2.24) is 5.32 Å². The molecule has 1 saturated carbocycles. The third kappa shape index (κ3) is 4.32. The maximum absolute atomic E-state index is 13.4. The minimum Gasteiger partial charge on any atom is -0.448 e. The van der Waals surface area contributed by atoms with Crippen molar-refractivity contribution in [3.63, 3.8) is 0 Å². The van der Waals surface area contributed by atoms with Crippen molar-refractivity contribution < 1.29 is 23.4 Å². The normalized spacial score (nSPS) is 20.8. The lowest BCUT2D eigenvalue weighted by Crippen LogP contribution is -2.49. The van der Waals surface area contributed by atoms with E-state index >= 15 is 0 Å². The molecule has 1 saturated heterocycles. The third-order valence-electron chi connectivity index (χ3n) is 6.77. The molecule has 0 aromatic heterocycles.